The summed E-state index contributed by atoms with van der Waals surface area (Å²) in [6, 6.07) is 1.77. The van der Waals surface area contributed by atoms with Crippen LogP contribution >= 0.6 is 0 Å². The first kappa shape index (κ1) is 11.1. The van der Waals surface area contributed by atoms with Gasteiger partial charge >= 0.3 is 0 Å². The summed E-state index contributed by atoms with van der Waals surface area (Å²) in [6.07, 6.45) is 2.77. The van der Waals surface area contributed by atoms with Gasteiger partial charge in [-0.05, 0) is 13.3 Å². The topological polar surface area (TPSA) is 56.3 Å². The summed E-state index contributed by atoms with van der Waals surface area (Å²) in [4.78, 5) is 8.32. The lowest BCUT2D eigenvalue weighted by Gasteiger charge is -2.10. The Morgan fingerprint density at radius 2 is 2.56 bits per heavy atom. The van der Waals surface area contributed by atoms with E-state index in [2.05, 4.69) is 15.3 Å². The van der Waals surface area contributed by atoms with Gasteiger partial charge in [0.2, 0.25) is 11.8 Å². The van der Waals surface area contributed by atoms with Crippen molar-refractivity contribution >= 4 is 5.95 Å². The Kier molecular flexibility index (Phi) is 3.93. The third-order valence-electron chi connectivity index (χ3n) is 2.46. The molecule has 5 nitrogen and oxygen atoms in total. The summed E-state index contributed by atoms with van der Waals surface area (Å²) in [5.41, 5.74) is 0. The fourth-order valence-corrected chi connectivity index (χ4v) is 1.58. The molecule has 16 heavy (non-hydrogen) atoms. The second-order valence-corrected chi connectivity index (χ2v) is 3.79. The van der Waals surface area contributed by atoms with E-state index in [1.807, 2.05) is 6.92 Å². The van der Waals surface area contributed by atoms with Crippen LogP contribution in [-0.4, -0.2) is 36.3 Å². The van der Waals surface area contributed by atoms with Crippen molar-refractivity contribution in [3.8, 4) is 5.88 Å². The van der Waals surface area contributed by atoms with Gasteiger partial charge in [-0.1, -0.05) is 0 Å². The highest BCUT2D eigenvalue weighted by Gasteiger charge is 2.16. The Balaban J connectivity index is 1.85. The van der Waals surface area contributed by atoms with Crippen LogP contribution in [0.25, 0.3) is 0 Å². The molecule has 88 valence electrons. The first-order valence-corrected chi connectivity index (χ1v) is 5.66. The molecule has 1 aliphatic heterocycles. The number of anilines is 1. The molecule has 2 heterocycles. The molecule has 0 amide bonds. The van der Waals surface area contributed by atoms with Crippen LogP contribution in [0.5, 0.6) is 5.88 Å². The van der Waals surface area contributed by atoms with Crippen molar-refractivity contribution in [3.63, 3.8) is 0 Å². The van der Waals surface area contributed by atoms with Gasteiger partial charge < -0.3 is 14.8 Å². The summed E-state index contributed by atoms with van der Waals surface area (Å²) in [6.45, 7) is 5.13. The molecule has 1 aromatic heterocycles. The lowest BCUT2D eigenvalue weighted by Crippen LogP contribution is -2.13. The molecule has 1 aromatic rings. The van der Waals surface area contributed by atoms with Crippen LogP contribution in [0.3, 0.4) is 0 Å². The fraction of sp³-hybridized carbons (Fsp3) is 0.636. The minimum atomic E-state index is 0.498. The van der Waals surface area contributed by atoms with E-state index in [1.165, 1.54) is 0 Å². The third-order valence-corrected chi connectivity index (χ3v) is 2.46. The standard InChI is InChI=1S/C11H17N3O2/c1-2-12-11-13-5-3-10(14-11)16-8-9-4-6-15-7-9/h3,5,9H,2,4,6-8H2,1H3,(H,12,13,14). The lowest BCUT2D eigenvalue weighted by atomic mass is 10.1. The maximum absolute atomic E-state index is 5.61. The van der Waals surface area contributed by atoms with E-state index in [9.17, 15) is 0 Å². The molecule has 0 radical (unpaired) electrons. The number of rotatable bonds is 5. The predicted molar refractivity (Wildman–Crippen MR) is 60.6 cm³/mol. The van der Waals surface area contributed by atoms with E-state index in [4.69, 9.17) is 9.47 Å². The summed E-state index contributed by atoms with van der Waals surface area (Å²) in [5, 5.41) is 3.05. The van der Waals surface area contributed by atoms with Gasteiger partial charge in [-0.3, -0.25) is 0 Å². The largest absolute Gasteiger partial charge is 0.477 e. The van der Waals surface area contributed by atoms with Gasteiger partial charge in [0.15, 0.2) is 0 Å². The lowest BCUT2D eigenvalue weighted by molar-refractivity contribution is 0.165. The number of nitrogens with one attached hydrogen (secondary N) is 1. The molecule has 5 heteroatoms. The molecule has 0 aromatic carbocycles. The maximum atomic E-state index is 5.61. The fourth-order valence-electron chi connectivity index (χ4n) is 1.58. The quantitative estimate of drug-likeness (QED) is 0.816. The number of nitrogens with zero attached hydrogens (tertiary/aromatic N) is 2. The van der Waals surface area contributed by atoms with Gasteiger partial charge in [0.25, 0.3) is 0 Å². The van der Waals surface area contributed by atoms with Gasteiger partial charge in [0, 0.05) is 31.3 Å². The maximum Gasteiger partial charge on any atom is 0.225 e. The van der Waals surface area contributed by atoms with Crippen molar-refractivity contribution in [2.45, 2.75) is 13.3 Å². The molecule has 1 fully saturated rings. The molecule has 1 unspecified atom stereocenters. The Hall–Kier alpha value is -1.36. The van der Waals surface area contributed by atoms with E-state index in [-0.39, 0.29) is 0 Å². The van der Waals surface area contributed by atoms with Crippen LogP contribution in [0.1, 0.15) is 13.3 Å². The van der Waals surface area contributed by atoms with E-state index in [0.717, 1.165) is 26.2 Å². The van der Waals surface area contributed by atoms with Gasteiger partial charge in [-0.2, -0.15) is 4.98 Å². The van der Waals surface area contributed by atoms with Crippen LogP contribution in [0.2, 0.25) is 0 Å². The van der Waals surface area contributed by atoms with Gasteiger partial charge in [-0.15, -0.1) is 0 Å². The minimum absolute atomic E-state index is 0.498. The van der Waals surface area contributed by atoms with Crippen molar-refractivity contribution in [3.05, 3.63) is 12.3 Å². The molecule has 0 bridgehead atoms. The summed E-state index contributed by atoms with van der Waals surface area (Å²) < 4.78 is 10.9. The average Bonchev–Trinajstić information content (AvgIpc) is 2.80. The minimum Gasteiger partial charge on any atom is -0.477 e. The summed E-state index contributed by atoms with van der Waals surface area (Å²) in [7, 11) is 0. The van der Waals surface area contributed by atoms with Gasteiger partial charge in [-0.25, -0.2) is 4.98 Å². The molecule has 1 atom stereocenters. The van der Waals surface area contributed by atoms with Crippen molar-refractivity contribution in [2.75, 3.05) is 31.7 Å². The zero-order valence-electron chi connectivity index (χ0n) is 9.48. The number of hydrogen-bond acceptors (Lipinski definition) is 5. The van der Waals surface area contributed by atoms with E-state index >= 15 is 0 Å². The average molecular weight is 223 g/mol. The molecule has 0 spiro atoms. The Labute approximate surface area is 95.2 Å². The van der Waals surface area contributed by atoms with Crippen LogP contribution in [0.15, 0.2) is 12.3 Å². The van der Waals surface area contributed by atoms with E-state index < -0.39 is 0 Å². The van der Waals surface area contributed by atoms with E-state index in [0.29, 0.717) is 24.4 Å². The van der Waals surface area contributed by atoms with Crippen molar-refractivity contribution in [1.29, 1.82) is 0 Å². The number of ether oxygens (including phenoxy) is 2. The van der Waals surface area contributed by atoms with E-state index in [1.54, 1.807) is 12.3 Å². The predicted octanol–water partition coefficient (Wildman–Crippen LogP) is 1.32. The molecule has 1 N–H and O–H groups in total. The SMILES string of the molecule is CCNc1nccc(OCC2CCOC2)n1. The molecule has 1 saturated heterocycles. The summed E-state index contributed by atoms with van der Waals surface area (Å²) >= 11 is 0. The first-order valence-electron chi connectivity index (χ1n) is 5.66. The zero-order chi connectivity index (χ0) is 11.2. The first-order chi connectivity index (χ1) is 7.88. The second kappa shape index (κ2) is 5.65. The smallest absolute Gasteiger partial charge is 0.225 e. The van der Waals surface area contributed by atoms with Crippen molar-refractivity contribution < 1.29 is 9.47 Å². The van der Waals surface area contributed by atoms with Crippen LogP contribution in [0, 0.1) is 5.92 Å². The third kappa shape index (κ3) is 3.06. The summed E-state index contributed by atoms with van der Waals surface area (Å²) in [5.74, 6) is 1.73. The van der Waals surface area contributed by atoms with Crippen LogP contribution < -0.4 is 10.1 Å². The Morgan fingerprint density at radius 1 is 1.62 bits per heavy atom. The highest BCUT2D eigenvalue weighted by Crippen LogP contribution is 2.15. The highest BCUT2D eigenvalue weighted by molar-refractivity contribution is 5.26. The Morgan fingerprint density at radius 3 is 3.31 bits per heavy atom. The number of aromatic nitrogens is 2. The van der Waals surface area contributed by atoms with Crippen molar-refractivity contribution in [1.82, 2.24) is 9.97 Å². The van der Waals surface area contributed by atoms with Gasteiger partial charge in [0.1, 0.15) is 0 Å². The molecule has 1 aliphatic rings. The Bertz CT molecular complexity index is 327. The zero-order valence-corrected chi connectivity index (χ0v) is 9.48. The molecular weight excluding hydrogens is 206 g/mol. The van der Waals surface area contributed by atoms with Gasteiger partial charge in [0.05, 0.1) is 13.2 Å². The monoisotopic (exact) mass is 223 g/mol. The normalized spacial score (nSPS) is 19.7. The van der Waals surface area contributed by atoms with Crippen molar-refractivity contribution in [2.24, 2.45) is 5.92 Å². The molecular formula is C11H17N3O2. The second-order valence-electron chi connectivity index (χ2n) is 3.79. The highest BCUT2D eigenvalue weighted by atomic mass is 16.5. The molecule has 0 aliphatic carbocycles. The molecule has 2 rings (SSSR count). The van der Waals surface area contributed by atoms with Crippen LogP contribution in [0.4, 0.5) is 5.95 Å². The molecule has 0 saturated carbocycles. The number of hydrogen-bond donors (Lipinski definition) is 1. The van der Waals surface area contributed by atoms with Crippen LogP contribution in [-0.2, 0) is 4.74 Å².